The number of hydrogen-bond donors (Lipinski definition) is 3. The molecular formula is C17H16N4O3. The van der Waals surface area contributed by atoms with Gasteiger partial charge in [0.1, 0.15) is 6.61 Å². The van der Waals surface area contributed by atoms with Crippen molar-refractivity contribution in [1.82, 2.24) is 15.3 Å². The molecule has 122 valence electrons. The number of rotatable bonds is 3. The molecule has 3 aromatic rings. The van der Waals surface area contributed by atoms with Gasteiger partial charge in [-0.05, 0) is 30.3 Å². The lowest BCUT2D eigenvalue weighted by molar-refractivity contribution is 0.0922. The number of aromatic nitrogens is 2. The molecule has 2 aromatic carbocycles. The van der Waals surface area contributed by atoms with Crippen LogP contribution in [0.15, 0.2) is 48.8 Å². The van der Waals surface area contributed by atoms with Crippen LogP contribution >= 0.6 is 0 Å². The Kier molecular flexibility index (Phi) is 3.66. The van der Waals surface area contributed by atoms with Gasteiger partial charge in [-0.3, -0.25) is 0 Å². The first-order valence-corrected chi connectivity index (χ1v) is 7.64. The van der Waals surface area contributed by atoms with Gasteiger partial charge in [0, 0.05) is 5.69 Å². The zero-order valence-corrected chi connectivity index (χ0v) is 12.8. The number of para-hydroxylation sites is 2. The second-order valence-corrected chi connectivity index (χ2v) is 5.47. The predicted octanol–water partition coefficient (Wildman–Crippen LogP) is 2.52. The summed E-state index contributed by atoms with van der Waals surface area (Å²) >= 11 is 0. The Labute approximate surface area is 138 Å². The molecule has 1 aromatic heterocycles. The molecule has 1 aliphatic heterocycles. The van der Waals surface area contributed by atoms with E-state index in [0.29, 0.717) is 24.6 Å². The molecule has 24 heavy (non-hydrogen) atoms. The molecule has 2 amide bonds. The van der Waals surface area contributed by atoms with Gasteiger partial charge in [0.05, 0.1) is 23.9 Å². The summed E-state index contributed by atoms with van der Waals surface area (Å²) in [7, 11) is 0. The number of imidazole rings is 1. The van der Waals surface area contributed by atoms with Crippen LogP contribution in [0.4, 0.5) is 10.5 Å². The average molecular weight is 324 g/mol. The quantitative estimate of drug-likeness (QED) is 0.691. The van der Waals surface area contributed by atoms with E-state index in [1.54, 1.807) is 12.4 Å². The van der Waals surface area contributed by atoms with E-state index in [9.17, 15) is 4.79 Å². The van der Waals surface area contributed by atoms with E-state index in [4.69, 9.17) is 9.47 Å². The first-order chi connectivity index (χ1) is 11.8. The Bertz CT molecular complexity index is 877. The molecule has 7 heteroatoms. The van der Waals surface area contributed by atoms with Crippen LogP contribution in [0.3, 0.4) is 0 Å². The van der Waals surface area contributed by atoms with Crippen LogP contribution in [0, 0.1) is 0 Å². The SMILES string of the molecule is O=C(NCC1COc2ccccc2O1)Nc1ccc2nc[nH]c2c1. The molecule has 0 aliphatic carbocycles. The van der Waals surface area contributed by atoms with Crippen LogP contribution in [0.5, 0.6) is 11.5 Å². The summed E-state index contributed by atoms with van der Waals surface area (Å²) in [6.07, 6.45) is 1.40. The first kappa shape index (κ1) is 14.4. The highest BCUT2D eigenvalue weighted by Gasteiger charge is 2.20. The van der Waals surface area contributed by atoms with Crippen molar-refractivity contribution in [2.45, 2.75) is 6.10 Å². The summed E-state index contributed by atoms with van der Waals surface area (Å²) in [4.78, 5) is 19.2. The minimum absolute atomic E-state index is 0.222. The Morgan fingerprint density at radius 2 is 2.12 bits per heavy atom. The molecule has 1 aliphatic rings. The topological polar surface area (TPSA) is 88.3 Å². The van der Waals surface area contributed by atoms with Gasteiger partial charge < -0.3 is 25.1 Å². The van der Waals surface area contributed by atoms with Crippen LogP contribution < -0.4 is 20.1 Å². The van der Waals surface area contributed by atoms with Crippen molar-refractivity contribution in [2.75, 3.05) is 18.5 Å². The maximum absolute atomic E-state index is 12.0. The van der Waals surface area contributed by atoms with Crippen molar-refractivity contribution in [3.8, 4) is 11.5 Å². The number of fused-ring (bicyclic) bond motifs is 2. The number of hydrogen-bond acceptors (Lipinski definition) is 4. The number of H-pyrrole nitrogens is 1. The fourth-order valence-corrected chi connectivity index (χ4v) is 2.56. The Morgan fingerprint density at radius 1 is 1.25 bits per heavy atom. The molecule has 0 fully saturated rings. The zero-order valence-electron chi connectivity index (χ0n) is 12.8. The summed E-state index contributed by atoms with van der Waals surface area (Å²) in [6, 6.07) is 12.7. The van der Waals surface area contributed by atoms with Gasteiger partial charge >= 0.3 is 6.03 Å². The van der Waals surface area contributed by atoms with Gasteiger partial charge in [0.2, 0.25) is 0 Å². The summed E-state index contributed by atoms with van der Waals surface area (Å²) in [5, 5.41) is 5.58. The van der Waals surface area contributed by atoms with E-state index in [2.05, 4.69) is 20.6 Å². The lowest BCUT2D eigenvalue weighted by Crippen LogP contribution is -2.42. The number of nitrogens with zero attached hydrogens (tertiary/aromatic N) is 1. The number of carbonyl (C=O) groups excluding carboxylic acids is 1. The van der Waals surface area contributed by atoms with E-state index in [1.807, 2.05) is 36.4 Å². The molecule has 3 N–H and O–H groups in total. The zero-order chi connectivity index (χ0) is 16.4. The fourth-order valence-electron chi connectivity index (χ4n) is 2.56. The number of carbonyl (C=O) groups is 1. The van der Waals surface area contributed by atoms with Gasteiger partial charge in [-0.15, -0.1) is 0 Å². The van der Waals surface area contributed by atoms with Crippen LogP contribution in [0.1, 0.15) is 0 Å². The maximum atomic E-state index is 12.0. The van der Waals surface area contributed by atoms with Gasteiger partial charge in [-0.1, -0.05) is 12.1 Å². The maximum Gasteiger partial charge on any atom is 0.319 e. The van der Waals surface area contributed by atoms with Crippen molar-refractivity contribution in [2.24, 2.45) is 0 Å². The smallest absolute Gasteiger partial charge is 0.319 e. The third-order valence-electron chi connectivity index (χ3n) is 3.74. The predicted molar refractivity (Wildman–Crippen MR) is 89.5 cm³/mol. The largest absolute Gasteiger partial charge is 0.486 e. The molecule has 0 saturated carbocycles. The van der Waals surface area contributed by atoms with Crippen molar-refractivity contribution in [1.29, 1.82) is 0 Å². The van der Waals surface area contributed by atoms with Crippen LogP contribution in [0.25, 0.3) is 11.0 Å². The minimum atomic E-state index is -0.295. The lowest BCUT2D eigenvalue weighted by Gasteiger charge is -2.26. The van der Waals surface area contributed by atoms with Gasteiger partial charge in [0.25, 0.3) is 0 Å². The molecule has 1 unspecified atom stereocenters. The van der Waals surface area contributed by atoms with E-state index in [-0.39, 0.29) is 12.1 Å². The molecule has 1 atom stereocenters. The highest BCUT2D eigenvalue weighted by molar-refractivity contribution is 5.91. The third kappa shape index (κ3) is 2.96. The Hall–Kier alpha value is -3.22. The van der Waals surface area contributed by atoms with Gasteiger partial charge in [0.15, 0.2) is 17.6 Å². The third-order valence-corrected chi connectivity index (χ3v) is 3.74. The summed E-state index contributed by atoms with van der Waals surface area (Å²) in [6.45, 7) is 0.754. The van der Waals surface area contributed by atoms with Crippen LogP contribution in [-0.4, -0.2) is 35.3 Å². The highest BCUT2D eigenvalue weighted by atomic mass is 16.6. The van der Waals surface area contributed by atoms with E-state index >= 15 is 0 Å². The molecule has 0 bridgehead atoms. The number of nitrogens with one attached hydrogen (secondary N) is 3. The second-order valence-electron chi connectivity index (χ2n) is 5.47. The molecule has 7 nitrogen and oxygen atoms in total. The number of urea groups is 1. The number of benzene rings is 2. The Balaban J connectivity index is 1.32. The van der Waals surface area contributed by atoms with Crippen molar-refractivity contribution >= 4 is 22.8 Å². The summed E-state index contributed by atoms with van der Waals surface area (Å²) < 4.78 is 11.4. The van der Waals surface area contributed by atoms with Crippen LogP contribution in [-0.2, 0) is 0 Å². The number of amides is 2. The molecule has 2 heterocycles. The van der Waals surface area contributed by atoms with E-state index in [0.717, 1.165) is 16.8 Å². The lowest BCUT2D eigenvalue weighted by atomic mass is 10.2. The molecule has 4 rings (SSSR count). The normalized spacial score (nSPS) is 15.9. The molecular weight excluding hydrogens is 308 g/mol. The van der Waals surface area contributed by atoms with Crippen LogP contribution in [0.2, 0.25) is 0 Å². The highest BCUT2D eigenvalue weighted by Crippen LogP contribution is 2.30. The minimum Gasteiger partial charge on any atom is -0.486 e. The number of anilines is 1. The molecule has 0 saturated heterocycles. The number of ether oxygens (including phenoxy) is 2. The van der Waals surface area contributed by atoms with E-state index < -0.39 is 0 Å². The molecule has 0 spiro atoms. The van der Waals surface area contributed by atoms with Crippen molar-refractivity contribution in [3.63, 3.8) is 0 Å². The average Bonchev–Trinajstić information content (AvgIpc) is 3.07. The first-order valence-electron chi connectivity index (χ1n) is 7.64. The van der Waals surface area contributed by atoms with Crippen molar-refractivity contribution in [3.05, 3.63) is 48.8 Å². The number of aromatic amines is 1. The monoisotopic (exact) mass is 324 g/mol. The standard InChI is InChI=1S/C17H16N4O3/c22-17(21-11-5-6-13-14(7-11)20-10-19-13)18-8-12-9-23-15-3-1-2-4-16(15)24-12/h1-7,10,12H,8-9H2,(H,19,20)(H2,18,21,22). The van der Waals surface area contributed by atoms with E-state index in [1.165, 1.54) is 0 Å². The summed E-state index contributed by atoms with van der Waals surface area (Å²) in [5.74, 6) is 1.42. The van der Waals surface area contributed by atoms with Gasteiger partial charge in [-0.25, -0.2) is 9.78 Å². The van der Waals surface area contributed by atoms with Crippen molar-refractivity contribution < 1.29 is 14.3 Å². The second kappa shape index (κ2) is 6.11. The summed E-state index contributed by atoms with van der Waals surface area (Å²) in [5.41, 5.74) is 2.41. The Morgan fingerprint density at radius 3 is 3.04 bits per heavy atom. The van der Waals surface area contributed by atoms with Gasteiger partial charge in [-0.2, -0.15) is 0 Å². The fraction of sp³-hybridized carbons (Fsp3) is 0.176. The molecule has 0 radical (unpaired) electrons.